The van der Waals surface area contributed by atoms with Crippen molar-refractivity contribution in [3.63, 3.8) is 0 Å². The van der Waals surface area contributed by atoms with Crippen LogP contribution in [0.3, 0.4) is 0 Å². The number of carbonyl (C=O) groups excluding carboxylic acids is 1. The summed E-state index contributed by atoms with van der Waals surface area (Å²) < 4.78 is 0. The molecular formula is C18H18N6OS. The molecule has 0 saturated heterocycles. The van der Waals surface area contributed by atoms with Crippen LogP contribution in [0.5, 0.6) is 0 Å². The average Bonchev–Trinajstić information content (AvgIpc) is 2.85. The zero-order chi connectivity index (χ0) is 18.8. The first-order valence-electron chi connectivity index (χ1n) is 7.90. The Morgan fingerprint density at radius 3 is 2.38 bits per heavy atom. The molecule has 0 radical (unpaired) electrons. The van der Waals surface area contributed by atoms with Crippen molar-refractivity contribution in [3.05, 3.63) is 47.4 Å². The molecule has 2 N–H and O–H groups in total. The molecule has 2 heterocycles. The summed E-state index contributed by atoms with van der Waals surface area (Å²) in [7, 11) is 3.69. The van der Waals surface area contributed by atoms with Crippen LogP contribution in [0.2, 0.25) is 0 Å². The lowest BCUT2D eigenvalue weighted by atomic mass is 10.2. The second-order valence-electron chi connectivity index (χ2n) is 5.85. The monoisotopic (exact) mass is 366 g/mol. The molecule has 3 rings (SSSR count). The number of rotatable bonds is 4. The second kappa shape index (κ2) is 7.06. The summed E-state index contributed by atoms with van der Waals surface area (Å²) in [6.45, 7) is 1.81. The predicted molar refractivity (Wildman–Crippen MR) is 103 cm³/mol. The van der Waals surface area contributed by atoms with E-state index in [0.29, 0.717) is 16.8 Å². The first-order chi connectivity index (χ1) is 12.4. The number of nitrogens with zero attached hydrogens (tertiary/aromatic N) is 5. The summed E-state index contributed by atoms with van der Waals surface area (Å²) in [6.07, 6.45) is 0. The molecule has 0 aliphatic carbocycles. The van der Waals surface area contributed by atoms with Crippen molar-refractivity contribution in [1.29, 1.82) is 5.26 Å². The van der Waals surface area contributed by atoms with Gasteiger partial charge in [0.2, 0.25) is 0 Å². The molecule has 0 unspecified atom stereocenters. The molecule has 8 heteroatoms. The molecule has 7 nitrogen and oxygen atoms in total. The van der Waals surface area contributed by atoms with Crippen LogP contribution in [0, 0.1) is 18.3 Å². The van der Waals surface area contributed by atoms with Gasteiger partial charge in [-0.2, -0.15) is 5.26 Å². The van der Waals surface area contributed by atoms with E-state index >= 15 is 0 Å². The minimum atomic E-state index is -0.275. The smallest absolute Gasteiger partial charge is 0.190 e. The summed E-state index contributed by atoms with van der Waals surface area (Å²) in [5.41, 5.74) is 8.46. The van der Waals surface area contributed by atoms with E-state index in [1.807, 2.05) is 55.1 Å². The van der Waals surface area contributed by atoms with Gasteiger partial charge in [-0.15, -0.1) is 0 Å². The molecule has 0 amide bonds. The van der Waals surface area contributed by atoms with Crippen molar-refractivity contribution in [2.75, 3.05) is 35.4 Å². The van der Waals surface area contributed by atoms with Crippen LogP contribution in [-0.4, -0.2) is 35.6 Å². The summed E-state index contributed by atoms with van der Waals surface area (Å²) in [5.74, 6) is 0.719. The molecule has 0 spiro atoms. The third-order valence-electron chi connectivity index (χ3n) is 4.04. The maximum Gasteiger partial charge on any atom is 0.190 e. The quantitative estimate of drug-likeness (QED) is 0.381. The number of aryl methyl sites for hydroxylation is 1. The van der Waals surface area contributed by atoms with Crippen LogP contribution >= 0.6 is 11.8 Å². The third kappa shape index (κ3) is 3.21. The van der Waals surface area contributed by atoms with Crippen LogP contribution in [-0.2, 0) is 4.79 Å². The summed E-state index contributed by atoms with van der Waals surface area (Å²) >= 11 is 1.17. The fourth-order valence-electron chi connectivity index (χ4n) is 2.89. The second-order valence-corrected chi connectivity index (χ2v) is 6.79. The van der Waals surface area contributed by atoms with Gasteiger partial charge in [0.1, 0.15) is 23.3 Å². The summed E-state index contributed by atoms with van der Waals surface area (Å²) in [5, 5.41) is 10.0. The van der Waals surface area contributed by atoms with Crippen LogP contribution in [0.15, 0.2) is 46.9 Å². The number of hydrogen-bond acceptors (Lipinski definition) is 8. The standard InChI is InChI=1S/C18H18N6OS/c1-11-8-16(20)22-18(21-11)26-10-15(25)12(9-19)17-23(2)13-6-4-5-7-14(13)24(17)3/h4-8H,10H2,1-3H3,(H2,20,21,22). The Labute approximate surface area is 156 Å². The van der Waals surface area contributed by atoms with Gasteiger partial charge in [0.25, 0.3) is 0 Å². The number of anilines is 3. The number of aromatic nitrogens is 2. The van der Waals surface area contributed by atoms with Gasteiger partial charge in [-0.25, -0.2) is 9.97 Å². The first kappa shape index (κ1) is 17.8. The van der Waals surface area contributed by atoms with Crippen molar-refractivity contribution in [2.24, 2.45) is 0 Å². The van der Waals surface area contributed by atoms with Gasteiger partial charge in [-0.05, 0) is 19.1 Å². The highest BCUT2D eigenvalue weighted by Crippen LogP contribution is 2.40. The Balaban J connectivity index is 1.86. The number of nitrogen functional groups attached to an aromatic ring is 1. The number of nitrogens with two attached hydrogens (primary N) is 1. The molecule has 1 aromatic carbocycles. The number of thioether (sulfide) groups is 1. The fourth-order valence-corrected chi connectivity index (χ4v) is 3.67. The van der Waals surface area contributed by atoms with Crippen molar-refractivity contribution in [3.8, 4) is 6.07 Å². The largest absolute Gasteiger partial charge is 0.384 e. The SMILES string of the molecule is Cc1cc(N)nc(SCC(=O)C(C#N)=C2N(C)c3ccccc3N2C)n1. The van der Waals surface area contributed by atoms with Crippen LogP contribution in [0.25, 0.3) is 0 Å². The van der Waals surface area contributed by atoms with E-state index in [-0.39, 0.29) is 17.1 Å². The van der Waals surface area contributed by atoms with Gasteiger partial charge in [-0.3, -0.25) is 4.79 Å². The highest BCUT2D eigenvalue weighted by molar-refractivity contribution is 7.99. The van der Waals surface area contributed by atoms with E-state index in [1.54, 1.807) is 6.07 Å². The summed E-state index contributed by atoms with van der Waals surface area (Å²) in [6, 6.07) is 11.5. The van der Waals surface area contributed by atoms with Crippen molar-refractivity contribution in [2.45, 2.75) is 12.1 Å². The highest BCUT2D eigenvalue weighted by Gasteiger charge is 2.31. The van der Waals surface area contributed by atoms with Gasteiger partial charge in [0.15, 0.2) is 10.9 Å². The molecule has 1 aliphatic rings. The number of allylic oxidation sites excluding steroid dienone is 1. The minimum Gasteiger partial charge on any atom is -0.384 e. The van der Waals surface area contributed by atoms with E-state index in [9.17, 15) is 10.1 Å². The lowest BCUT2D eigenvalue weighted by Gasteiger charge is -2.19. The Hall–Kier alpha value is -3.05. The number of nitriles is 1. The highest BCUT2D eigenvalue weighted by atomic mass is 32.2. The molecule has 0 bridgehead atoms. The van der Waals surface area contributed by atoms with Gasteiger partial charge < -0.3 is 15.5 Å². The Morgan fingerprint density at radius 2 is 1.85 bits per heavy atom. The molecule has 2 aromatic rings. The predicted octanol–water partition coefficient (Wildman–Crippen LogP) is 2.35. The van der Waals surface area contributed by atoms with Crippen LogP contribution < -0.4 is 15.5 Å². The molecule has 26 heavy (non-hydrogen) atoms. The molecule has 132 valence electrons. The van der Waals surface area contributed by atoms with E-state index in [0.717, 1.165) is 17.1 Å². The first-order valence-corrected chi connectivity index (χ1v) is 8.89. The van der Waals surface area contributed by atoms with Crippen molar-refractivity contribution < 1.29 is 4.79 Å². The number of para-hydroxylation sites is 2. The van der Waals surface area contributed by atoms with Crippen molar-refractivity contribution >= 4 is 34.7 Å². The molecular weight excluding hydrogens is 348 g/mol. The fraction of sp³-hybridized carbons (Fsp3) is 0.222. The number of benzene rings is 1. The zero-order valence-electron chi connectivity index (χ0n) is 14.7. The van der Waals surface area contributed by atoms with E-state index in [1.165, 1.54) is 11.8 Å². The normalized spacial score (nSPS) is 12.8. The summed E-state index contributed by atoms with van der Waals surface area (Å²) in [4.78, 5) is 24.8. The average molecular weight is 366 g/mol. The minimum absolute atomic E-state index is 0.0628. The molecule has 0 atom stereocenters. The molecule has 1 aromatic heterocycles. The number of carbonyl (C=O) groups is 1. The number of hydrogen-bond donors (Lipinski definition) is 1. The van der Waals surface area contributed by atoms with Crippen LogP contribution in [0.4, 0.5) is 17.2 Å². The van der Waals surface area contributed by atoms with Gasteiger partial charge in [-0.1, -0.05) is 23.9 Å². The Kier molecular flexibility index (Phi) is 4.82. The zero-order valence-corrected chi connectivity index (χ0v) is 15.5. The number of fused-ring (bicyclic) bond motifs is 1. The van der Waals surface area contributed by atoms with Crippen LogP contribution in [0.1, 0.15) is 5.69 Å². The number of ketones is 1. The van der Waals surface area contributed by atoms with Gasteiger partial charge in [0.05, 0.1) is 17.1 Å². The van der Waals surface area contributed by atoms with E-state index < -0.39 is 0 Å². The van der Waals surface area contributed by atoms with Gasteiger partial charge in [0, 0.05) is 25.9 Å². The molecule has 0 saturated carbocycles. The maximum atomic E-state index is 12.7. The topological polar surface area (TPSA) is 99.1 Å². The van der Waals surface area contributed by atoms with Crippen molar-refractivity contribution in [1.82, 2.24) is 9.97 Å². The van der Waals surface area contributed by atoms with E-state index in [4.69, 9.17) is 5.73 Å². The molecule has 1 aliphatic heterocycles. The number of Topliss-reactive ketones (excluding diaryl/α,β-unsaturated/α-hetero) is 1. The Bertz CT molecular complexity index is 898. The Morgan fingerprint density at radius 1 is 1.23 bits per heavy atom. The lowest BCUT2D eigenvalue weighted by Crippen LogP contribution is -2.26. The maximum absolute atomic E-state index is 12.7. The van der Waals surface area contributed by atoms with Gasteiger partial charge >= 0.3 is 0 Å². The third-order valence-corrected chi connectivity index (χ3v) is 4.89. The van der Waals surface area contributed by atoms with E-state index in [2.05, 4.69) is 16.0 Å². The molecule has 0 fully saturated rings. The lowest BCUT2D eigenvalue weighted by molar-refractivity contribution is -0.112.